The van der Waals surface area contributed by atoms with Crippen molar-refractivity contribution in [2.75, 3.05) is 6.54 Å². The van der Waals surface area contributed by atoms with E-state index < -0.39 is 0 Å². The highest BCUT2D eigenvalue weighted by Gasteiger charge is 2.05. The van der Waals surface area contributed by atoms with Crippen molar-refractivity contribution in [2.24, 2.45) is 0 Å². The molecule has 1 radical (unpaired) electrons. The summed E-state index contributed by atoms with van der Waals surface area (Å²) in [5.41, 5.74) is 1.20. The molecule has 0 spiro atoms. The minimum absolute atomic E-state index is 0.242. The molecule has 0 bridgehead atoms. The lowest BCUT2D eigenvalue weighted by Crippen LogP contribution is -2.31. The molecule has 4 heteroatoms. The van der Waals surface area contributed by atoms with E-state index in [4.69, 9.17) is 0 Å². The average Bonchev–Trinajstić information content (AvgIpc) is 2.69. The van der Waals surface area contributed by atoms with Crippen LogP contribution in [0.15, 0.2) is 34.9 Å². The van der Waals surface area contributed by atoms with E-state index in [1.54, 1.807) is 0 Å². The first kappa shape index (κ1) is 12.3. The molecule has 1 atom stereocenters. The number of rotatable bonds is 5. The van der Waals surface area contributed by atoms with E-state index in [1.807, 2.05) is 12.4 Å². The summed E-state index contributed by atoms with van der Waals surface area (Å²) in [4.78, 5) is 10.2. The molecule has 0 amide bonds. The monoisotopic (exact) mass is 293 g/mol. The van der Waals surface area contributed by atoms with Crippen LogP contribution in [0.5, 0.6) is 0 Å². The maximum atomic E-state index is 10.2. The molecule has 0 aliphatic carbocycles. The van der Waals surface area contributed by atoms with E-state index in [0.29, 0.717) is 0 Å². The van der Waals surface area contributed by atoms with Crippen molar-refractivity contribution in [3.63, 3.8) is 0 Å². The summed E-state index contributed by atoms with van der Waals surface area (Å²) < 4.78 is 3.26. The van der Waals surface area contributed by atoms with Crippen LogP contribution >= 0.6 is 15.9 Å². The van der Waals surface area contributed by atoms with Gasteiger partial charge in [0.1, 0.15) is 0 Å². The third-order valence-corrected chi connectivity index (χ3v) is 3.22. The topological polar surface area (TPSA) is 34.0 Å². The Morgan fingerprint density at radius 2 is 2.29 bits per heavy atom. The number of hydrogen-bond acceptors (Lipinski definition) is 2. The molecule has 0 saturated carbocycles. The normalized spacial score (nSPS) is 12.8. The van der Waals surface area contributed by atoms with Crippen LogP contribution in [0.25, 0.3) is 10.9 Å². The zero-order valence-corrected chi connectivity index (χ0v) is 11.2. The number of nitrogens with one attached hydrogen (secondary N) is 1. The van der Waals surface area contributed by atoms with Crippen molar-refractivity contribution >= 4 is 33.1 Å². The highest BCUT2D eigenvalue weighted by Crippen LogP contribution is 2.21. The summed E-state index contributed by atoms with van der Waals surface area (Å²) in [6, 6.07) is 8.57. The summed E-state index contributed by atoms with van der Waals surface area (Å²) in [5.74, 6) is 0. The van der Waals surface area contributed by atoms with Gasteiger partial charge >= 0.3 is 0 Å². The molecule has 2 aromatic rings. The molecular weight excluding hydrogens is 280 g/mol. The molecule has 0 aliphatic rings. The molecular formula is C13H14BrN2O. The Bertz CT molecular complexity index is 521. The Balaban J connectivity index is 2.18. The van der Waals surface area contributed by atoms with Crippen LogP contribution in [-0.4, -0.2) is 23.4 Å². The Labute approximate surface area is 109 Å². The van der Waals surface area contributed by atoms with E-state index in [0.717, 1.165) is 11.0 Å². The summed E-state index contributed by atoms with van der Waals surface area (Å²) in [5, 5.41) is 4.32. The van der Waals surface area contributed by atoms with Gasteiger partial charge in [-0.2, -0.15) is 0 Å². The van der Waals surface area contributed by atoms with Gasteiger partial charge in [0.25, 0.3) is 0 Å². The lowest BCUT2D eigenvalue weighted by molar-refractivity contribution is 0.495. The first-order valence-corrected chi connectivity index (χ1v) is 6.33. The number of hydrogen-bond donors (Lipinski definition) is 1. The van der Waals surface area contributed by atoms with Crippen LogP contribution in [0.4, 0.5) is 0 Å². The number of benzene rings is 1. The third-order valence-electron chi connectivity index (χ3n) is 2.73. The second-order valence-corrected chi connectivity index (χ2v) is 5.01. The molecule has 1 aromatic carbocycles. The highest BCUT2D eigenvalue weighted by atomic mass is 79.9. The van der Waals surface area contributed by atoms with Crippen molar-refractivity contribution in [3.05, 3.63) is 34.9 Å². The molecule has 0 unspecified atom stereocenters. The molecule has 1 heterocycles. The molecule has 0 fully saturated rings. The zero-order valence-electron chi connectivity index (χ0n) is 9.61. The van der Waals surface area contributed by atoms with Crippen LogP contribution in [-0.2, 0) is 11.3 Å². The average molecular weight is 294 g/mol. The Morgan fingerprint density at radius 3 is 3.06 bits per heavy atom. The van der Waals surface area contributed by atoms with Crippen molar-refractivity contribution < 1.29 is 4.79 Å². The maximum absolute atomic E-state index is 10.2. The van der Waals surface area contributed by atoms with E-state index in [2.05, 4.69) is 57.1 Å². The molecule has 17 heavy (non-hydrogen) atoms. The standard InChI is InChI=1S/C13H14BrN2O/c1-10(15-5-7-17)9-16-6-4-11-2-3-12(14)8-13(11)16/h2-4,6,8,10,15H,5,9H2,1H3/t10-/m0/s1. The second kappa shape index (κ2) is 5.47. The van der Waals surface area contributed by atoms with Gasteiger partial charge in [0.2, 0.25) is 6.29 Å². The lowest BCUT2D eigenvalue weighted by Gasteiger charge is -2.13. The van der Waals surface area contributed by atoms with Crippen LogP contribution in [0.2, 0.25) is 0 Å². The first-order chi connectivity index (χ1) is 8.20. The van der Waals surface area contributed by atoms with Gasteiger partial charge in [-0.3, -0.25) is 4.79 Å². The van der Waals surface area contributed by atoms with Gasteiger partial charge in [0, 0.05) is 28.8 Å². The molecule has 3 nitrogen and oxygen atoms in total. The van der Waals surface area contributed by atoms with Gasteiger partial charge in [0.15, 0.2) is 0 Å². The third kappa shape index (κ3) is 2.96. The summed E-state index contributed by atoms with van der Waals surface area (Å²) >= 11 is 3.48. The minimum atomic E-state index is 0.242. The van der Waals surface area contributed by atoms with Crippen molar-refractivity contribution in [1.29, 1.82) is 0 Å². The van der Waals surface area contributed by atoms with E-state index >= 15 is 0 Å². The van der Waals surface area contributed by atoms with Gasteiger partial charge < -0.3 is 9.88 Å². The Morgan fingerprint density at radius 1 is 1.47 bits per heavy atom. The van der Waals surface area contributed by atoms with Gasteiger partial charge in [-0.25, -0.2) is 0 Å². The zero-order chi connectivity index (χ0) is 12.3. The summed E-state index contributed by atoms with van der Waals surface area (Å²) in [7, 11) is 0. The molecule has 1 N–H and O–H groups in total. The summed E-state index contributed by atoms with van der Waals surface area (Å²) in [6.45, 7) is 3.17. The summed E-state index contributed by atoms with van der Waals surface area (Å²) in [6.07, 6.45) is 3.92. The lowest BCUT2D eigenvalue weighted by atomic mass is 10.2. The fraction of sp³-hybridized carbons (Fsp3) is 0.308. The van der Waals surface area contributed by atoms with Crippen molar-refractivity contribution in [3.8, 4) is 0 Å². The van der Waals surface area contributed by atoms with Crippen molar-refractivity contribution in [1.82, 2.24) is 9.88 Å². The fourth-order valence-corrected chi connectivity index (χ4v) is 2.24. The second-order valence-electron chi connectivity index (χ2n) is 4.10. The van der Waals surface area contributed by atoms with Crippen LogP contribution in [0.1, 0.15) is 6.92 Å². The van der Waals surface area contributed by atoms with E-state index in [1.165, 1.54) is 10.9 Å². The highest BCUT2D eigenvalue weighted by molar-refractivity contribution is 9.10. The van der Waals surface area contributed by atoms with Gasteiger partial charge in [0.05, 0.1) is 6.54 Å². The Hall–Kier alpha value is -1.13. The van der Waals surface area contributed by atoms with Crippen LogP contribution in [0.3, 0.4) is 0 Å². The van der Waals surface area contributed by atoms with Gasteiger partial charge in [-0.05, 0) is 30.5 Å². The molecule has 2 rings (SSSR count). The molecule has 0 saturated heterocycles. The Kier molecular flexibility index (Phi) is 3.97. The number of halogens is 1. The first-order valence-electron chi connectivity index (χ1n) is 5.53. The van der Waals surface area contributed by atoms with Crippen molar-refractivity contribution in [2.45, 2.75) is 19.5 Å². The fourth-order valence-electron chi connectivity index (χ4n) is 1.89. The number of nitrogens with zero attached hydrogens (tertiary/aromatic N) is 1. The number of carbonyl (C=O) groups excluding carboxylic acids is 1. The molecule has 1 aromatic heterocycles. The van der Waals surface area contributed by atoms with Crippen LogP contribution < -0.4 is 5.32 Å². The SMILES string of the molecule is C[C@@H](Cn1ccc2ccc(Br)cc21)NC[C]=O. The minimum Gasteiger partial charge on any atom is -0.346 e. The van der Waals surface area contributed by atoms with Gasteiger partial charge in [-0.1, -0.05) is 22.0 Å². The maximum Gasteiger partial charge on any atom is 0.213 e. The predicted molar refractivity (Wildman–Crippen MR) is 72.8 cm³/mol. The van der Waals surface area contributed by atoms with Crippen LogP contribution in [0, 0.1) is 0 Å². The molecule has 89 valence electrons. The van der Waals surface area contributed by atoms with Gasteiger partial charge in [-0.15, -0.1) is 0 Å². The predicted octanol–water partition coefficient (Wildman–Crippen LogP) is 2.49. The number of aromatic nitrogens is 1. The quantitative estimate of drug-likeness (QED) is 0.919. The van der Waals surface area contributed by atoms with E-state index in [-0.39, 0.29) is 12.6 Å². The smallest absolute Gasteiger partial charge is 0.213 e. The largest absolute Gasteiger partial charge is 0.346 e. The van der Waals surface area contributed by atoms with E-state index in [9.17, 15) is 4.79 Å². The molecule has 0 aliphatic heterocycles. The number of fused-ring (bicyclic) bond motifs is 1.